The van der Waals surface area contributed by atoms with Crippen LogP contribution in [0.15, 0.2) is 65.7 Å². The second-order valence-electron chi connectivity index (χ2n) is 5.34. The summed E-state index contributed by atoms with van der Waals surface area (Å²) in [6.45, 7) is 0. The summed E-state index contributed by atoms with van der Waals surface area (Å²) in [5, 5.41) is 2.31. The number of para-hydroxylation sites is 1. The molecule has 0 spiro atoms. The Bertz CT molecular complexity index is 1010. The van der Waals surface area contributed by atoms with Crippen molar-refractivity contribution in [3.8, 4) is 0 Å². The number of benzene rings is 2. The van der Waals surface area contributed by atoms with Crippen LogP contribution in [0.25, 0.3) is 27.4 Å². The molecule has 1 aromatic heterocycles. The summed E-state index contributed by atoms with van der Waals surface area (Å²) in [4.78, 5) is 9.63. The molecule has 0 saturated heterocycles. The summed E-state index contributed by atoms with van der Waals surface area (Å²) >= 11 is 0. The van der Waals surface area contributed by atoms with Gasteiger partial charge in [-0.2, -0.15) is 0 Å². The van der Waals surface area contributed by atoms with E-state index in [0.29, 0.717) is 0 Å². The van der Waals surface area contributed by atoms with Crippen molar-refractivity contribution in [2.24, 2.45) is 4.99 Å². The number of pyridine rings is 1. The van der Waals surface area contributed by atoms with Gasteiger partial charge in [0.05, 0.1) is 22.4 Å². The Morgan fingerprint density at radius 1 is 0.857 bits per heavy atom. The molecule has 97 valence electrons. The number of fused-ring (bicyclic) bond motifs is 6. The highest BCUT2D eigenvalue weighted by molar-refractivity contribution is 6.35. The molecule has 1 aliphatic carbocycles. The summed E-state index contributed by atoms with van der Waals surface area (Å²) in [6.07, 6.45) is 8.26. The monoisotopic (exact) mass is 267 g/mol. The number of rotatable bonds is 0. The Hall–Kier alpha value is -2.74. The van der Waals surface area contributed by atoms with E-state index in [1.807, 2.05) is 18.2 Å². The minimum atomic E-state index is 0.988. The summed E-state index contributed by atoms with van der Waals surface area (Å²) in [5.74, 6) is 0. The minimum absolute atomic E-state index is 0.988. The van der Waals surface area contributed by atoms with Gasteiger partial charge in [0.2, 0.25) is 0 Å². The van der Waals surface area contributed by atoms with Crippen molar-refractivity contribution >= 4 is 38.8 Å². The zero-order valence-electron chi connectivity index (χ0n) is 11.2. The number of aromatic nitrogens is 1. The predicted octanol–water partition coefficient (Wildman–Crippen LogP) is 4.63. The Labute approximate surface area is 122 Å². The third-order valence-corrected chi connectivity index (χ3v) is 4.09. The first-order valence-electron chi connectivity index (χ1n) is 7.04. The molecular formula is C19H11N2. The predicted molar refractivity (Wildman–Crippen MR) is 87.8 cm³/mol. The number of hydrogen-bond acceptors (Lipinski definition) is 2. The molecule has 1 aliphatic heterocycles. The first-order valence-corrected chi connectivity index (χ1v) is 7.04. The quantitative estimate of drug-likeness (QED) is 0.545. The van der Waals surface area contributed by atoms with E-state index < -0.39 is 0 Å². The van der Waals surface area contributed by atoms with Crippen LogP contribution in [0.2, 0.25) is 0 Å². The lowest BCUT2D eigenvalue weighted by Crippen LogP contribution is -1.98. The average Bonchev–Trinajstić information content (AvgIpc) is 2.92. The molecule has 3 aromatic rings. The molecule has 2 heteroatoms. The van der Waals surface area contributed by atoms with Gasteiger partial charge in [0.1, 0.15) is 0 Å². The van der Waals surface area contributed by atoms with Crippen LogP contribution < -0.4 is 0 Å². The van der Waals surface area contributed by atoms with E-state index in [4.69, 9.17) is 9.98 Å². The van der Waals surface area contributed by atoms with Gasteiger partial charge >= 0.3 is 0 Å². The highest BCUT2D eigenvalue weighted by Gasteiger charge is 2.23. The molecule has 0 unspecified atom stereocenters. The first-order chi connectivity index (χ1) is 10.4. The maximum atomic E-state index is 4.84. The van der Waals surface area contributed by atoms with E-state index in [2.05, 4.69) is 48.9 Å². The van der Waals surface area contributed by atoms with Crippen molar-refractivity contribution in [1.29, 1.82) is 0 Å². The molecule has 2 aliphatic rings. The second-order valence-corrected chi connectivity index (χ2v) is 5.34. The standard InChI is InChI=1S/C19H11N2/c1-3-7-16-12(5-1)11-13-9-10-15-14-6-2-4-8-17(14)21-19(15)18(13)20-16/h1-11H. The topological polar surface area (TPSA) is 25.2 Å². The van der Waals surface area contributed by atoms with Crippen molar-refractivity contribution in [2.45, 2.75) is 0 Å². The smallest absolute Gasteiger partial charge is 0.0975 e. The molecule has 2 heterocycles. The van der Waals surface area contributed by atoms with Gasteiger partial charge < -0.3 is 0 Å². The van der Waals surface area contributed by atoms with Crippen LogP contribution in [0.3, 0.4) is 0 Å². The number of nitrogens with zero attached hydrogens (tertiary/aromatic N) is 2. The fourth-order valence-corrected chi connectivity index (χ4v) is 3.08. The molecule has 0 amide bonds. The van der Waals surface area contributed by atoms with Crippen LogP contribution >= 0.6 is 0 Å². The molecule has 5 rings (SSSR count). The normalized spacial score (nSPS) is 15.8. The van der Waals surface area contributed by atoms with E-state index in [9.17, 15) is 0 Å². The van der Waals surface area contributed by atoms with Gasteiger partial charge in [-0.15, -0.1) is 0 Å². The molecule has 0 fully saturated rings. The number of hydrogen-bond donors (Lipinski definition) is 0. The third kappa shape index (κ3) is 1.47. The molecular weight excluding hydrogens is 256 g/mol. The van der Waals surface area contributed by atoms with E-state index in [1.165, 1.54) is 16.5 Å². The summed E-state index contributed by atoms with van der Waals surface area (Å²) in [5.41, 5.74) is 6.42. The lowest BCUT2D eigenvalue weighted by molar-refractivity contribution is 1.46. The third-order valence-electron chi connectivity index (χ3n) is 4.09. The van der Waals surface area contributed by atoms with E-state index >= 15 is 0 Å². The summed E-state index contributed by atoms with van der Waals surface area (Å²) in [6, 6.07) is 14.7. The van der Waals surface area contributed by atoms with Crippen molar-refractivity contribution in [3.05, 3.63) is 72.7 Å². The molecule has 2 aromatic carbocycles. The Kier molecular flexibility index (Phi) is 2.03. The molecule has 2 nitrogen and oxygen atoms in total. The van der Waals surface area contributed by atoms with Gasteiger partial charge in [0, 0.05) is 28.3 Å². The maximum Gasteiger partial charge on any atom is 0.0975 e. The van der Waals surface area contributed by atoms with Crippen LogP contribution in [0.4, 0.5) is 5.69 Å². The van der Waals surface area contributed by atoms with Gasteiger partial charge in [-0.1, -0.05) is 48.6 Å². The summed E-state index contributed by atoms with van der Waals surface area (Å²) < 4.78 is 0. The van der Waals surface area contributed by atoms with E-state index in [1.54, 1.807) is 0 Å². The van der Waals surface area contributed by atoms with E-state index in [0.717, 1.165) is 27.8 Å². The van der Waals surface area contributed by atoms with Gasteiger partial charge in [0.15, 0.2) is 0 Å². The van der Waals surface area contributed by atoms with Crippen LogP contribution in [0.5, 0.6) is 0 Å². The van der Waals surface area contributed by atoms with Crippen LogP contribution in [0, 0.1) is 6.42 Å². The minimum Gasteiger partial charge on any atom is -0.249 e. The Balaban J connectivity index is 1.90. The van der Waals surface area contributed by atoms with Crippen molar-refractivity contribution in [2.75, 3.05) is 0 Å². The van der Waals surface area contributed by atoms with Gasteiger partial charge in [-0.3, -0.25) is 0 Å². The maximum absolute atomic E-state index is 4.84. The van der Waals surface area contributed by atoms with Gasteiger partial charge in [0.25, 0.3) is 0 Å². The largest absolute Gasteiger partial charge is 0.249 e. The SMILES string of the molecule is [CH]1C=CC=C2C1=Nc1c2ccc2cc3ccccc3nc12. The lowest BCUT2D eigenvalue weighted by Gasteiger charge is -2.07. The zero-order valence-corrected chi connectivity index (χ0v) is 11.2. The van der Waals surface area contributed by atoms with E-state index in [-0.39, 0.29) is 0 Å². The van der Waals surface area contributed by atoms with Gasteiger partial charge in [-0.25, -0.2) is 9.98 Å². The molecule has 0 bridgehead atoms. The highest BCUT2D eigenvalue weighted by Crippen LogP contribution is 2.41. The Morgan fingerprint density at radius 3 is 2.81 bits per heavy atom. The molecule has 0 N–H and O–H groups in total. The fourth-order valence-electron chi connectivity index (χ4n) is 3.08. The molecule has 1 radical (unpaired) electrons. The number of aliphatic imine (C=N–C) groups is 1. The fraction of sp³-hybridized carbons (Fsp3) is 0. The van der Waals surface area contributed by atoms with Gasteiger partial charge in [-0.05, 0) is 12.1 Å². The highest BCUT2D eigenvalue weighted by atomic mass is 14.8. The van der Waals surface area contributed by atoms with Crippen LogP contribution in [-0.2, 0) is 0 Å². The van der Waals surface area contributed by atoms with Crippen molar-refractivity contribution < 1.29 is 0 Å². The summed E-state index contributed by atoms with van der Waals surface area (Å²) in [7, 11) is 0. The second kappa shape index (κ2) is 3.89. The number of allylic oxidation sites excluding steroid dienone is 4. The molecule has 21 heavy (non-hydrogen) atoms. The van der Waals surface area contributed by atoms with Crippen LogP contribution in [0.1, 0.15) is 5.56 Å². The lowest BCUT2D eigenvalue weighted by atomic mass is 9.96. The van der Waals surface area contributed by atoms with Crippen LogP contribution in [-0.4, -0.2) is 10.7 Å². The molecule has 0 atom stereocenters. The van der Waals surface area contributed by atoms with Crippen molar-refractivity contribution in [3.63, 3.8) is 0 Å². The van der Waals surface area contributed by atoms with Crippen molar-refractivity contribution in [1.82, 2.24) is 4.98 Å². The Morgan fingerprint density at radius 2 is 1.81 bits per heavy atom. The average molecular weight is 267 g/mol. The first kappa shape index (κ1) is 11.0. The zero-order chi connectivity index (χ0) is 13.8. The molecule has 0 saturated carbocycles.